The third-order valence-electron chi connectivity index (χ3n) is 4.68. The fourth-order valence-electron chi connectivity index (χ4n) is 3.09. The Bertz CT molecular complexity index is 778. The second-order valence-corrected chi connectivity index (χ2v) is 7.45. The summed E-state index contributed by atoms with van der Waals surface area (Å²) in [5, 5.41) is 10.4. The second kappa shape index (κ2) is 7.16. The molecule has 1 aliphatic rings. The average Bonchev–Trinajstić information content (AvgIpc) is 3.14. The highest BCUT2D eigenvalue weighted by atomic mass is 15.3. The van der Waals surface area contributed by atoms with Crippen LogP contribution < -0.4 is 0 Å². The van der Waals surface area contributed by atoms with Crippen LogP contribution in [0.5, 0.6) is 0 Å². The van der Waals surface area contributed by atoms with Gasteiger partial charge < -0.3 is 4.98 Å². The van der Waals surface area contributed by atoms with Crippen LogP contribution in [0.4, 0.5) is 0 Å². The number of hydrogen-bond donors (Lipinski definition) is 2. The van der Waals surface area contributed by atoms with E-state index in [1.54, 1.807) is 0 Å². The Morgan fingerprint density at radius 2 is 1.88 bits per heavy atom. The standard InChI is InChI=1S/C11H18N2.C7H7N3.CH4/c1-11(2,3)8-4-5-9-10(6-8)13-7-12-9;1-5-2-3-6-7(4-5)9-10-8-6;/h7-8H,4-6H2,1-3H3,(H,12,13);2-4H,1H3,(H,8,9,10);1H4. The summed E-state index contributed by atoms with van der Waals surface area (Å²) in [6.45, 7) is 9.03. The van der Waals surface area contributed by atoms with Crippen LogP contribution in [0.1, 0.15) is 51.6 Å². The van der Waals surface area contributed by atoms with E-state index in [2.05, 4.69) is 46.1 Å². The normalized spacial score (nSPS) is 16.8. The lowest BCUT2D eigenvalue weighted by Crippen LogP contribution is -2.26. The maximum atomic E-state index is 4.32. The van der Waals surface area contributed by atoms with Crippen molar-refractivity contribution in [2.45, 2.75) is 54.4 Å². The molecule has 130 valence electrons. The van der Waals surface area contributed by atoms with Crippen molar-refractivity contribution in [2.24, 2.45) is 11.3 Å². The van der Waals surface area contributed by atoms with Crippen molar-refractivity contribution in [3.63, 3.8) is 0 Å². The molecule has 24 heavy (non-hydrogen) atoms. The Balaban J connectivity index is 0.000000172. The summed E-state index contributed by atoms with van der Waals surface area (Å²) in [5.74, 6) is 0.806. The molecular formula is C19H29N5. The highest BCUT2D eigenvalue weighted by Crippen LogP contribution is 2.35. The van der Waals surface area contributed by atoms with Gasteiger partial charge in [-0.2, -0.15) is 15.4 Å². The Kier molecular flexibility index (Phi) is 5.42. The summed E-state index contributed by atoms with van der Waals surface area (Å²) in [5.41, 5.74) is 6.15. The molecule has 5 nitrogen and oxygen atoms in total. The van der Waals surface area contributed by atoms with Gasteiger partial charge in [0.05, 0.1) is 12.0 Å². The van der Waals surface area contributed by atoms with Crippen LogP contribution in [0.15, 0.2) is 24.5 Å². The SMILES string of the molecule is C.CC(C)(C)C1CCc2nc[nH]c2C1.Cc1ccc2n[nH]nc2c1. The largest absolute Gasteiger partial charge is 0.348 e. The lowest BCUT2D eigenvalue weighted by molar-refractivity contribution is 0.214. The third kappa shape index (κ3) is 4.02. The van der Waals surface area contributed by atoms with Gasteiger partial charge in [-0.05, 0) is 55.2 Å². The number of aryl methyl sites for hydroxylation is 2. The fraction of sp³-hybridized carbons (Fsp3) is 0.526. The molecule has 0 saturated carbocycles. The number of benzene rings is 1. The van der Waals surface area contributed by atoms with Gasteiger partial charge in [-0.1, -0.05) is 34.3 Å². The predicted octanol–water partition coefficient (Wildman–Crippen LogP) is 4.46. The summed E-state index contributed by atoms with van der Waals surface area (Å²) in [4.78, 5) is 7.57. The van der Waals surface area contributed by atoms with Crippen molar-refractivity contribution < 1.29 is 0 Å². The Labute approximate surface area is 144 Å². The summed E-state index contributed by atoms with van der Waals surface area (Å²) in [6, 6.07) is 5.97. The minimum Gasteiger partial charge on any atom is -0.348 e. The molecule has 2 N–H and O–H groups in total. The zero-order chi connectivity index (χ0) is 16.4. The van der Waals surface area contributed by atoms with Crippen molar-refractivity contribution in [1.82, 2.24) is 25.4 Å². The molecule has 0 saturated heterocycles. The maximum Gasteiger partial charge on any atom is 0.113 e. The molecule has 0 fully saturated rings. The summed E-state index contributed by atoms with van der Waals surface area (Å²) in [6.07, 6.45) is 5.46. The third-order valence-corrected chi connectivity index (χ3v) is 4.68. The molecule has 1 atom stereocenters. The van der Waals surface area contributed by atoms with Crippen LogP contribution in [0.3, 0.4) is 0 Å². The van der Waals surface area contributed by atoms with E-state index in [9.17, 15) is 0 Å². The number of rotatable bonds is 0. The summed E-state index contributed by atoms with van der Waals surface area (Å²) < 4.78 is 0. The molecule has 0 radical (unpaired) electrons. The van der Waals surface area contributed by atoms with Gasteiger partial charge >= 0.3 is 0 Å². The molecule has 1 aliphatic carbocycles. The molecule has 5 heteroatoms. The number of fused-ring (bicyclic) bond motifs is 2. The van der Waals surface area contributed by atoms with E-state index in [1.807, 2.05) is 31.5 Å². The van der Waals surface area contributed by atoms with Gasteiger partial charge in [-0.15, -0.1) is 0 Å². The van der Waals surface area contributed by atoms with Gasteiger partial charge in [0.15, 0.2) is 0 Å². The Morgan fingerprint density at radius 3 is 2.62 bits per heavy atom. The first-order chi connectivity index (χ1) is 10.9. The molecule has 0 aliphatic heterocycles. The maximum absolute atomic E-state index is 4.32. The second-order valence-electron chi connectivity index (χ2n) is 7.45. The van der Waals surface area contributed by atoms with Gasteiger partial charge in [0.2, 0.25) is 0 Å². The van der Waals surface area contributed by atoms with Crippen molar-refractivity contribution in [3.8, 4) is 0 Å². The van der Waals surface area contributed by atoms with E-state index in [0.717, 1.165) is 23.4 Å². The van der Waals surface area contributed by atoms with Crippen LogP contribution in [-0.2, 0) is 12.8 Å². The average molecular weight is 327 g/mol. The number of H-pyrrole nitrogens is 2. The molecule has 0 amide bonds. The van der Waals surface area contributed by atoms with Crippen molar-refractivity contribution >= 4 is 11.0 Å². The monoisotopic (exact) mass is 327 g/mol. The molecule has 4 rings (SSSR count). The Morgan fingerprint density at radius 1 is 1.12 bits per heavy atom. The van der Waals surface area contributed by atoms with E-state index in [1.165, 1.54) is 29.8 Å². The van der Waals surface area contributed by atoms with Gasteiger partial charge in [-0.25, -0.2) is 4.98 Å². The molecule has 1 unspecified atom stereocenters. The molecule has 1 aromatic carbocycles. The summed E-state index contributed by atoms with van der Waals surface area (Å²) in [7, 11) is 0. The van der Waals surface area contributed by atoms with Crippen LogP contribution in [0.2, 0.25) is 0 Å². The quantitative estimate of drug-likeness (QED) is 0.640. The van der Waals surface area contributed by atoms with E-state index < -0.39 is 0 Å². The first-order valence-electron chi connectivity index (χ1n) is 8.22. The highest BCUT2D eigenvalue weighted by Gasteiger charge is 2.29. The van der Waals surface area contributed by atoms with E-state index in [4.69, 9.17) is 0 Å². The first kappa shape index (κ1) is 18.2. The van der Waals surface area contributed by atoms with Crippen molar-refractivity contribution in [2.75, 3.05) is 0 Å². The van der Waals surface area contributed by atoms with Gasteiger partial charge in [0, 0.05) is 5.69 Å². The van der Waals surface area contributed by atoms with Gasteiger partial charge in [0.25, 0.3) is 0 Å². The van der Waals surface area contributed by atoms with Crippen LogP contribution in [-0.4, -0.2) is 25.4 Å². The van der Waals surface area contributed by atoms with E-state index >= 15 is 0 Å². The number of hydrogen-bond acceptors (Lipinski definition) is 3. The van der Waals surface area contributed by atoms with E-state index in [0.29, 0.717) is 5.41 Å². The minimum atomic E-state index is 0. The molecule has 2 heterocycles. The number of nitrogens with one attached hydrogen (secondary N) is 2. The molecule has 2 aromatic heterocycles. The molecule has 0 bridgehead atoms. The van der Waals surface area contributed by atoms with Crippen LogP contribution >= 0.6 is 0 Å². The minimum absolute atomic E-state index is 0. The lowest BCUT2D eigenvalue weighted by atomic mass is 9.73. The summed E-state index contributed by atoms with van der Waals surface area (Å²) >= 11 is 0. The van der Waals surface area contributed by atoms with Gasteiger partial charge in [0.1, 0.15) is 11.0 Å². The first-order valence-corrected chi connectivity index (χ1v) is 8.22. The number of aromatic amines is 2. The zero-order valence-electron chi connectivity index (χ0n) is 14.3. The smallest absolute Gasteiger partial charge is 0.113 e. The highest BCUT2D eigenvalue weighted by molar-refractivity contribution is 5.73. The van der Waals surface area contributed by atoms with Crippen molar-refractivity contribution in [3.05, 3.63) is 41.5 Å². The molecular weight excluding hydrogens is 298 g/mol. The van der Waals surface area contributed by atoms with E-state index in [-0.39, 0.29) is 7.43 Å². The fourth-order valence-corrected chi connectivity index (χ4v) is 3.09. The molecule has 0 spiro atoms. The van der Waals surface area contributed by atoms with Crippen LogP contribution in [0, 0.1) is 18.3 Å². The van der Waals surface area contributed by atoms with Crippen LogP contribution in [0.25, 0.3) is 11.0 Å². The number of imidazole rings is 1. The lowest BCUT2D eigenvalue weighted by Gasteiger charge is -2.33. The topological polar surface area (TPSA) is 70.2 Å². The van der Waals surface area contributed by atoms with Gasteiger partial charge in [-0.3, -0.25) is 0 Å². The predicted molar refractivity (Wildman–Crippen MR) is 98.9 cm³/mol. The zero-order valence-corrected chi connectivity index (χ0v) is 14.3. The number of nitrogens with zero attached hydrogens (tertiary/aromatic N) is 3. The number of aromatic nitrogens is 5. The van der Waals surface area contributed by atoms with Crippen molar-refractivity contribution in [1.29, 1.82) is 0 Å². The molecule has 3 aromatic rings. The Hall–Kier alpha value is -2.17.